The van der Waals surface area contributed by atoms with Gasteiger partial charge >= 0.3 is 6.03 Å². The summed E-state index contributed by atoms with van der Waals surface area (Å²) in [6, 6.07) is 1.40. The van der Waals surface area contributed by atoms with Crippen LogP contribution in [0.15, 0.2) is 12.1 Å². The van der Waals surface area contributed by atoms with Gasteiger partial charge in [0.15, 0.2) is 17.4 Å². The van der Waals surface area contributed by atoms with E-state index < -0.39 is 23.4 Å². The zero-order valence-corrected chi connectivity index (χ0v) is 12.8. The zero-order valence-electron chi connectivity index (χ0n) is 12.8. The van der Waals surface area contributed by atoms with E-state index in [-0.39, 0.29) is 24.3 Å². The van der Waals surface area contributed by atoms with Crippen LogP contribution in [0.2, 0.25) is 0 Å². The van der Waals surface area contributed by atoms with Crippen molar-refractivity contribution < 1.29 is 23.4 Å². The molecule has 2 aliphatic rings. The van der Waals surface area contributed by atoms with E-state index >= 15 is 0 Å². The minimum absolute atomic E-state index is 0.0157. The van der Waals surface area contributed by atoms with Crippen LogP contribution in [0.3, 0.4) is 0 Å². The number of hydrogen-bond acceptors (Lipinski definition) is 3. The fourth-order valence-electron chi connectivity index (χ4n) is 4.04. The van der Waals surface area contributed by atoms with Crippen LogP contribution in [0.5, 0.6) is 5.75 Å². The molecule has 5 nitrogen and oxygen atoms in total. The molecule has 2 bridgehead atoms. The first kappa shape index (κ1) is 16.0. The Morgan fingerprint density at radius 3 is 2.57 bits per heavy atom. The molecule has 3 N–H and O–H groups in total. The van der Waals surface area contributed by atoms with Crippen LogP contribution in [0.25, 0.3) is 0 Å². The molecule has 2 amide bonds. The molecule has 2 fully saturated rings. The lowest BCUT2D eigenvalue weighted by Gasteiger charge is -2.30. The predicted octanol–water partition coefficient (Wildman–Crippen LogP) is 2.50. The lowest BCUT2D eigenvalue weighted by molar-refractivity contribution is 0.146. The molecule has 0 unspecified atom stereocenters. The van der Waals surface area contributed by atoms with Crippen molar-refractivity contribution in [2.45, 2.75) is 25.3 Å². The van der Waals surface area contributed by atoms with Crippen molar-refractivity contribution in [3.8, 4) is 5.75 Å². The smallest absolute Gasteiger partial charge is 0.319 e. The van der Waals surface area contributed by atoms with Crippen molar-refractivity contribution in [1.29, 1.82) is 0 Å². The SMILES string of the molecule is COc1c(F)cc(NC(=O)N[C@@H]2[C@H]3CC[C@@H](C3)[C@H]2CO)cc1F. The Kier molecular flexibility index (Phi) is 4.39. The lowest BCUT2D eigenvalue weighted by atomic mass is 9.85. The minimum atomic E-state index is -0.879. The highest BCUT2D eigenvalue weighted by Gasteiger charge is 2.47. The van der Waals surface area contributed by atoms with Crippen molar-refractivity contribution in [2.24, 2.45) is 17.8 Å². The van der Waals surface area contributed by atoms with Crippen molar-refractivity contribution in [3.63, 3.8) is 0 Å². The number of urea groups is 1. The maximum atomic E-state index is 13.6. The summed E-state index contributed by atoms with van der Waals surface area (Å²) >= 11 is 0. The summed E-state index contributed by atoms with van der Waals surface area (Å²) in [6.45, 7) is 0.0396. The third-order valence-corrected chi connectivity index (χ3v) is 5.06. The van der Waals surface area contributed by atoms with Crippen LogP contribution in [0, 0.1) is 29.4 Å². The molecule has 0 spiro atoms. The predicted molar refractivity (Wildman–Crippen MR) is 80.3 cm³/mol. The van der Waals surface area contributed by atoms with Gasteiger partial charge in [-0.1, -0.05) is 0 Å². The number of methoxy groups -OCH3 is 1. The number of aliphatic hydroxyl groups is 1. The molecule has 2 aliphatic carbocycles. The molecule has 0 saturated heterocycles. The average molecular weight is 326 g/mol. The van der Waals surface area contributed by atoms with E-state index in [4.69, 9.17) is 0 Å². The van der Waals surface area contributed by atoms with E-state index in [1.807, 2.05) is 0 Å². The molecule has 3 rings (SSSR count). The number of fused-ring (bicyclic) bond motifs is 2. The van der Waals surface area contributed by atoms with Gasteiger partial charge in [-0.05, 0) is 31.1 Å². The van der Waals surface area contributed by atoms with Crippen LogP contribution in [-0.4, -0.2) is 30.9 Å². The number of carbonyl (C=O) groups excluding carboxylic acids is 1. The minimum Gasteiger partial charge on any atom is -0.491 e. The monoisotopic (exact) mass is 326 g/mol. The summed E-state index contributed by atoms with van der Waals surface area (Å²) in [5.74, 6) is -1.36. The summed E-state index contributed by atoms with van der Waals surface area (Å²) in [5, 5.41) is 14.8. The maximum Gasteiger partial charge on any atom is 0.319 e. The van der Waals surface area contributed by atoms with Crippen molar-refractivity contribution in [3.05, 3.63) is 23.8 Å². The van der Waals surface area contributed by atoms with Crippen molar-refractivity contribution in [1.82, 2.24) is 5.32 Å². The van der Waals surface area contributed by atoms with E-state index in [0.29, 0.717) is 11.8 Å². The lowest BCUT2D eigenvalue weighted by Crippen LogP contribution is -2.46. The highest BCUT2D eigenvalue weighted by atomic mass is 19.1. The fourth-order valence-corrected chi connectivity index (χ4v) is 4.04. The van der Waals surface area contributed by atoms with Crippen LogP contribution in [0.1, 0.15) is 19.3 Å². The number of rotatable bonds is 4. The third kappa shape index (κ3) is 2.97. The molecule has 126 valence electrons. The number of aliphatic hydroxyl groups excluding tert-OH is 1. The molecule has 1 aromatic rings. The molecule has 23 heavy (non-hydrogen) atoms. The normalized spacial score (nSPS) is 28.7. The van der Waals surface area contributed by atoms with Crippen molar-refractivity contribution in [2.75, 3.05) is 19.0 Å². The summed E-state index contributed by atoms with van der Waals surface area (Å²) < 4.78 is 31.9. The Morgan fingerprint density at radius 1 is 1.30 bits per heavy atom. The number of amides is 2. The quantitative estimate of drug-likeness (QED) is 0.796. The van der Waals surface area contributed by atoms with Gasteiger partial charge in [-0.15, -0.1) is 0 Å². The first-order valence-electron chi connectivity index (χ1n) is 7.75. The van der Waals surface area contributed by atoms with Gasteiger partial charge in [0.25, 0.3) is 0 Å². The van der Waals surface area contributed by atoms with Crippen LogP contribution in [0.4, 0.5) is 19.3 Å². The molecule has 1 aromatic carbocycles. The molecular formula is C16H20F2N2O3. The standard InChI is InChI=1S/C16H20F2N2O3/c1-23-15-12(17)5-10(6-13(15)18)19-16(22)20-14-9-3-2-8(4-9)11(14)7-21/h5-6,8-9,11,14,21H,2-4,7H2,1H3,(H2,19,20,22)/t8-,9-,11+,14+/m0/s1. The van der Waals surface area contributed by atoms with Gasteiger partial charge < -0.3 is 20.5 Å². The third-order valence-electron chi connectivity index (χ3n) is 5.06. The highest BCUT2D eigenvalue weighted by Crippen LogP contribution is 2.48. The topological polar surface area (TPSA) is 70.6 Å². The molecule has 0 aromatic heterocycles. The Balaban J connectivity index is 1.66. The summed E-state index contributed by atoms with van der Waals surface area (Å²) in [4.78, 5) is 12.1. The average Bonchev–Trinajstić information content (AvgIpc) is 3.07. The Labute approximate surface area is 133 Å². The number of carbonyl (C=O) groups is 1. The van der Waals surface area contributed by atoms with E-state index in [9.17, 15) is 18.7 Å². The van der Waals surface area contributed by atoms with Gasteiger partial charge in [0.05, 0.1) is 7.11 Å². The molecule has 0 radical (unpaired) electrons. The number of halogens is 2. The summed E-state index contributed by atoms with van der Waals surface area (Å²) in [6.07, 6.45) is 3.14. The van der Waals surface area contributed by atoms with Gasteiger partial charge in [0.1, 0.15) is 0 Å². The molecule has 7 heteroatoms. The number of ether oxygens (including phenoxy) is 1. The maximum absolute atomic E-state index is 13.6. The van der Waals surface area contributed by atoms with Gasteiger partial charge in [0.2, 0.25) is 0 Å². The van der Waals surface area contributed by atoms with E-state index in [1.54, 1.807) is 0 Å². The first-order valence-corrected chi connectivity index (χ1v) is 7.75. The van der Waals surface area contributed by atoms with Crippen LogP contribution in [-0.2, 0) is 0 Å². The largest absolute Gasteiger partial charge is 0.491 e. The van der Waals surface area contributed by atoms with Gasteiger partial charge in [-0.2, -0.15) is 0 Å². The van der Waals surface area contributed by atoms with E-state index in [0.717, 1.165) is 31.4 Å². The van der Waals surface area contributed by atoms with Crippen LogP contribution >= 0.6 is 0 Å². The number of nitrogens with one attached hydrogen (secondary N) is 2. The molecule has 2 saturated carbocycles. The van der Waals surface area contributed by atoms with E-state index in [1.165, 1.54) is 7.11 Å². The Morgan fingerprint density at radius 2 is 1.96 bits per heavy atom. The number of benzene rings is 1. The van der Waals surface area contributed by atoms with E-state index in [2.05, 4.69) is 15.4 Å². The van der Waals surface area contributed by atoms with Gasteiger partial charge in [-0.3, -0.25) is 0 Å². The number of anilines is 1. The van der Waals surface area contributed by atoms with Crippen LogP contribution < -0.4 is 15.4 Å². The Bertz CT molecular complexity index is 588. The molecule has 0 heterocycles. The first-order chi connectivity index (χ1) is 11.0. The van der Waals surface area contributed by atoms with Gasteiger partial charge in [-0.25, -0.2) is 13.6 Å². The van der Waals surface area contributed by atoms with Crippen molar-refractivity contribution >= 4 is 11.7 Å². The summed E-state index contributed by atoms with van der Waals surface area (Å²) in [5.41, 5.74) is 0.0157. The molecule has 4 atom stereocenters. The highest BCUT2D eigenvalue weighted by molar-refractivity contribution is 5.89. The fraction of sp³-hybridized carbons (Fsp3) is 0.562. The van der Waals surface area contributed by atoms with Gasteiger partial charge in [0, 0.05) is 36.4 Å². The summed E-state index contributed by atoms with van der Waals surface area (Å²) in [7, 11) is 1.17. The second-order valence-corrected chi connectivity index (χ2v) is 6.28. The number of hydrogen-bond donors (Lipinski definition) is 3. The Hall–Kier alpha value is -1.89. The molecule has 0 aliphatic heterocycles. The second kappa shape index (κ2) is 6.31. The second-order valence-electron chi connectivity index (χ2n) is 6.28. The molecular weight excluding hydrogens is 306 g/mol. The zero-order chi connectivity index (χ0) is 16.6.